The molecule has 2 aromatic heterocycles. The van der Waals surface area contributed by atoms with Crippen LogP contribution in [0, 0.1) is 13.8 Å². The smallest absolute Gasteiger partial charge is 0.213 e. The van der Waals surface area contributed by atoms with Crippen LogP contribution in [0.2, 0.25) is 0 Å². The average molecular weight is 261 g/mol. The number of hydrogen-bond acceptors (Lipinski definition) is 6. The first-order valence-corrected chi connectivity index (χ1v) is 6.41. The molecule has 0 saturated heterocycles. The van der Waals surface area contributed by atoms with Gasteiger partial charge >= 0.3 is 0 Å². The van der Waals surface area contributed by atoms with E-state index in [1.807, 2.05) is 13.8 Å². The van der Waals surface area contributed by atoms with Crippen molar-refractivity contribution in [2.24, 2.45) is 0 Å². The van der Waals surface area contributed by atoms with E-state index in [1.165, 1.54) is 0 Å². The summed E-state index contributed by atoms with van der Waals surface area (Å²) in [5.41, 5.74) is 0.918. The van der Waals surface area contributed by atoms with Gasteiger partial charge in [0, 0.05) is 6.54 Å². The van der Waals surface area contributed by atoms with Crippen molar-refractivity contribution in [1.29, 1.82) is 0 Å². The molecule has 0 fully saturated rings. The highest BCUT2D eigenvalue weighted by Gasteiger charge is 2.05. The van der Waals surface area contributed by atoms with Crippen molar-refractivity contribution in [3.8, 4) is 0 Å². The van der Waals surface area contributed by atoms with Gasteiger partial charge in [-0.05, 0) is 20.3 Å². The predicted molar refractivity (Wildman–Crippen MR) is 74.1 cm³/mol. The first-order valence-electron chi connectivity index (χ1n) is 6.41. The second-order valence-electron chi connectivity index (χ2n) is 4.32. The van der Waals surface area contributed by atoms with Gasteiger partial charge in [-0.15, -0.1) is 0 Å². The number of rotatable bonds is 6. The van der Waals surface area contributed by atoms with E-state index in [9.17, 15) is 0 Å². The highest BCUT2D eigenvalue weighted by atomic mass is 16.4. The maximum Gasteiger partial charge on any atom is 0.213 e. The number of nitrogens with one attached hydrogen (secondary N) is 2. The molecule has 2 rings (SSSR count). The first-order chi connectivity index (χ1) is 9.19. The average Bonchev–Trinajstić information content (AvgIpc) is 2.74. The van der Waals surface area contributed by atoms with Gasteiger partial charge in [-0.1, -0.05) is 6.92 Å². The predicted octanol–water partition coefficient (Wildman–Crippen LogP) is 2.52. The molecule has 0 aliphatic heterocycles. The third kappa shape index (κ3) is 3.67. The molecule has 0 aliphatic carbocycles. The zero-order valence-corrected chi connectivity index (χ0v) is 11.5. The third-order valence-corrected chi connectivity index (χ3v) is 2.68. The molecule has 0 atom stereocenters. The second kappa shape index (κ2) is 6.17. The quantitative estimate of drug-likeness (QED) is 0.832. The highest BCUT2D eigenvalue weighted by Crippen LogP contribution is 2.11. The summed E-state index contributed by atoms with van der Waals surface area (Å²) in [5, 5.41) is 6.34. The summed E-state index contributed by atoms with van der Waals surface area (Å²) in [5.74, 6) is 2.98. The fraction of sp³-hybridized carbons (Fsp3) is 0.462. The molecule has 2 heterocycles. The molecule has 0 radical (unpaired) electrons. The van der Waals surface area contributed by atoms with Crippen LogP contribution in [0.15, 0.2) is 16.8 Å². The summed E-state index contributed by atoms with van der Waals surface area (Å²) < 4.78 is 5.49. The SMILES string of the molecule is CCCNc1cncc(NCc2nc(C)c(C)o2)n1. The Balaban J connectivity index is 1.95. The Morgan fingerprint density at radius 3 is 2.47 bits per heavy atom. The van der Waals surface area contributed by atoms with Gasteiger partial charge in [-0.25, -0.2) is 9.97 Å². The van der Waals surface area contributed by atoms with Crippen LogP contribution in [-0.4, -0.2) is 21.5 Å². The Morgan fingerprint density at radius 2 is 1.84 bits per heavy atom. The van der Waals surface area contributed by atoms with Crippen molar-refractivity contribution in [2.75, 3.05) is 17.2 Å². The van der Waals surface area contributed by atoms with Crippen molar-refractivity contribution >= 4 is 11.6 Å². The highest BCUT2D eigenvalue weighted by molar-refractivity contribution is 5.41. The molecule has 102 valence electrons. The van der Waals surface area contributed by atoms with E-state index in [0.29, 0.717) is 18.3 Å². The van der Waals surface area contributed by atoms with Gasteiger partial charge < -0.3 is 15.1 Å². The van der Waals surface area contributed by atoms with Crippen LogP contribution >= 0.6 is 0 Å². The van der Waals surface area contributed by atoms with Gasteiger partial charge in [0.15, 0.2) is 0 Å². The Morgan fingerprint density at radius 1 is 1.11 bits per heavy atom. The van der Waals surface area contributed by atoms with Gasteiger partial charge in [0.25, 0.3) is 0 Å². The largest absolute Gasteiger partial charge is 0.444 e. The lowest BCUT2D eigenvalue weighted by molar-refractivity contribution is 0.478. The molecular weight excluding hydrogens is 242 g/mol. The zero-order valence-electron chi connectivity index (χ0n) is 11.5. The van der Waals surface area contributed by atoms with Gasteiger partial charge in [-0.2, -0.15) is 0 Å². The van der Waals surface area contributed by atoms with Gasteiger partial charge in [-0.3, -0.25) is 4.98 Å². The topological polar surface area (TPSA) is 75.9 Å². The molecule has 2 N–H and O–H groups in total. The molecule has 6 nitrogen and oxygen atoms in total. The standard InChI is InChI=1S/C13H19N5O/c1-4-5-15-11-6-14-7-12(18-11)16-8-13-17-9(2)10(3)19-13/h6-7H,4-5,8H2,1-3H3,(H2,15,16,18). The Bertz CT molecular complexity index is 518. The minimum Gasteiger partial charge on any atom is -0.444 e. The van der Waals surface area contributed by atoms with Gasteiger partial charge in [0.1, 0.15) is 17.4 Å². The maximum atomic E-state index is 5.49. The Labute approximate surface area is 112 Å². The zero-order chi connectivity index (χ0) is 13.7. The van der Waals surface area contributed by atoms with E-state index in [1.54, 1.807) is 12.4 Å². The van der Waals surface area contributed by atoms with Crippen molar-refractivity contribution in [3.05, 3.63) is 29.7 Å². The number of anilines is 2. The van der Waals surface area contributed by atoms with Gasteiger partial charge in [0.2, 0.25) is 5.89 Å². The molecule has 0 aliphatic rings. The number of aromatic nitrogens is 3. The van der Waals surface area contributed by atoms with Crippen LogP contribution in [-0.2, 0) is 6.54 Å². The summed E-state index contributed by atoms with van der Waals surface area (Å²) in [6.07, 6.45) is 4.44. The van der Waals surface area contributed by atoms with Crippen LogP contribution in [0.4, 0.5) is 11.6 Å². The monoisotopic (exact) mass is 261 g/mol. The number of nitrogens with zero attached hydrogens (tertiary/aromatic N) is 3. The maximum absolute atomic E-state index is 5.49. The van der Waals surface area contributed by atoms with E-state index in [0.717, 1.165) is 30.2 Å². The molecular formula is C13H19N5O. The lowest BCUT2D eigenvalue weighted by Crippen LogP contribution is -2.06. The van der Waals surface area contributed by atoms with Crippen molar-refractivity contribution < 1.29 is 4.42 Å². The molecule has 0 saturated carbocycles. The fourth-order valence-corrected chi connectivity index (χ4v) is 1.57. The summed E-state index contributed by atoms with van der Waals surface area (Å²) in [6.45, 7) is 7.32. The van der Waals surface area contributed by atoms with E-state index in [2.05, 4.69) is 32.5 Å². The molecule has 6 heteroatoms. The molecule has 0 aromatic carbocycles. The summed E-state index contributed by atoms with van der Waals surface area (Å²) in [6, 6.07) is 0. The number of oxazole rings is 1. The van der Waals surface area contributed by atoms with E-state index < -0.39 is 0 Å². The van der Waals surface area contributed by atoms with Crippen LogP contribution in [0.5, 0.6) is 0 Å². The van der Waals surface area contributed by atoms with Crippen molar-refractivity contribution in [3.63, 3.8) is 0 Å². The number of aryl methyl sites for hydroxylation is 2. The molecule has 19 heavy (non-hydrogen) atoms. The molecule has 0 bridgehead atoms. The van der Waals surface area contributed by atoms with Crippen molar-refractivity contribution in [1.82, 2.24) is 15.0 Å². The Hall–Kier alpha value is -2.11. The van der Waals surface area contributed by atoms with Crippen LogP contribution < -0.4 is 10.6 Å². The fourth-order valence-electron chi connectivity index (χ4n) is 1.57. The van der Waals surface area contributed by atoms with Gasteiger partial charge in [0.05, 0.1) is 24.6 Å². The normalized spacial score (nSPS) is 10.5. The lowest BCUT2D eigenvalue weighted by atomic mass is 10.4. The molecule has 0 unspecified atom stereocenters. The van der Waals surface area contributed by atoms with Crippen LogP contribution in [0.1, 0.15) is 30.7 Å². The van der Waals surface area contributed by atoms with Crippen molar-refractivity contribution in [2.45, 2.75) is 33.7 Å². The minimum absolute atomic E-state index is 0.501. The second-order valence-corrected chi connectivity index (χ2v) is 4.32. The van der Waals surface area contributed by atoms with Crippen LogP contribution in [0.25, 0.3) is 0 Å². The summed E-state index contributed by atoms with van der Waals surface area (Å²) in [4.78, 5) is 12.8. The van der Waals surface area contributed by atoms with E-state index in [4.69, 9.17) is 4.42 Å². The first kappa shape index (κ1) is 13.3. The molecule has 2 aromatic rings. The van der Waals surface area contributed by atoms with Crippen LogP contribution in [0.3, 0.4) is 0 Å². The van der Waals surface area contributed by atoms with E-state index in [-0.39, 0.29) is 0 Å². The lowest BCUT2D eigenvalue weighted by Gasteiger charge is -2.06. The minimum atomic E-state index is 0.501. The third-order valence-electron chi connectivity index (χ3n) is 2.68. The number of hydrogen-bond donors (Lipinski definition) is 2. The Kier molecular flexibility index (Phi) is 4.33. The molecule has 0 amide bonds. The summed E-state index contributed by atoms with van der Waals surface area (Å²) >= 11 is 0. The van der Waals surface area contributed by atoms with E-state index >= 15 is 0 Å². The summed E-state index contributed by atoms with van der Waals surface area (Å²) in [7, 11) is 0. The molecule has 0 spiro atoms.